The monoisotopic (exact) mass is 384 g/mol. The topological polar surface area (TPSA) is 86.2 Å². The standard InChI is InChI=1S/C24H36N2O2/c1-15(17-9-5-3-6-10-17)21-19(23(25)27)13-14-20(24(26)28)22(21)16(2)18-11-7-4-8-12-18/h13-18H,3-12H2,1-2H3,(H2,25,27)(H2,26,28). The number of amides is 2. The predicted molar refractivity (Wildman–Crippen MR) is 113 cm³/mol. The summed E-state index contributed by atoms with van der Waals surface area (Å²) in [6.07, 6.45) is 12.3. The van der Waals surface area contributed by atoms with Crippen LogP contribution in [-0.2, 0) is 0 Å². The number of carbonyl (C=O) groups is 2. The van der Waals surface area contributed by atoms with Gasteiger partial charge in [0.15, 0.2) is 0 Å². The number of benzene rings is 1. The minimum absolute atomic E-state index is 0.211. The van der Waals surface area contributed by atoms with Crippen molar-refractivity contribution in [2.75, 3.05) is 0 Å². The maximum Gasteiger partial charge on any atom is 0.248 e. The maximum atomic E-state index is 12.3. The number of hydrogen-bond acceptors (Lipinski definition) is 2. The van der Waals surface area contributed by atoms with Crippen LogP contribution in [0.25, 0.3) is 0 Å². The van der Waals surface area contributed by atoms with Crippen LogP contribution in [0.4, 0.5) is 0 Å². The third-order valence-electron chi connectivity index (χ3n) is 7.44. The molecule has 2 saturated carbocycles. The summed E-state index contributed by atoms with van der Waals surface area (Å²) in [5, 5.41) is 0. The zero-order valence-electron chi connectivity index (χ0n) is 17.5. The van der Waals surface area contributed by atoms with E-state index in [1.54, 1.807) is 12.1 Å². The van der Waals surface area contributed by atoms with Crippen LogP contribution in [0.2, 0.25) is 0 Å². The first kappa shape index (κ1) is 20.9. The molecule has 0 heterocycles. The third kappa shape index (κ3) is 4.26. The minimum atomic E-state index is -0.397. The first-order chi connectivity index (χ1) is 13.4. The molecule has 0 aliphatic heterocycles. The molecule has 2 aliphatic rings. The zero-order valence-corrected chi connectivity index (χ0v) is 17.5. The van der Waals surface area contributed by atoms with Crippen LogP contribution in [0.15, 0.2) is 12.1 Å². The van der Waals surface area contributed by atoms with Crippen molar-refractivity contribution in [1.29, 1.82) is 0 Å². The molecule has 2 unspecified atom stereocenters. The summed E-state index contributed by atoms with van der Waals surface area (Å²) >= 11 is 0. The number of hydrogen-bond donors (Lipinski definition) is 2. The Morgan fingerprint density at radius 1 is 0.714 bits per heavy atom. The fraction of sp³-hybridized carbons (Fsp3) is 0.667. The molecule has 0 bridgehead atoms. The molecular weight excluding hydrogens is 348 g/mol. The Balaban J connectivity index is 2.13. The van der Waals surface area contributed by atoms with E-state index in [0.29, 0.717) is 23.0 Å². The fourth-order valence-corrected chi connectivity index (χ4v) is 5.79. The summed E-state index contributed by atoms with van der Waals surface area (Å²) < 4.78 is 0. The van der Waals surface area contributed by atoms with Crippen molar-refractivity contribution < 1.29 is 9.59 Å². The molecule has 4 heteroatoms. The van der Waals surface area contributed by atoms with Crippen molar-refractivity contribution >= 4 is 11.8 Å². The van der Waals surface area contributed by atoms with E-state index in [-0.39, 0.29) is 11.8 Å². The van der Waals surface area contributed by atoms with Crippen molar-refractivity contribution in [3.8, 4) is 0 Å². The summed E-state index contributed by atoms with van der Waals surface area (Å²) in [7, 11) is 0. The molecule has 2 atom stereocenters. The van der Waals surface area contributed by atoms with E-state index < -0.39 is 11.8 Å². The average molecular weight is 385 g/mol. The number of primary amides is 2. The summed E-state index contributed by atoms with van der Waals surface area (Å²) in [6.45, 7) is 4.44. The molecule has 1 aromatic carbocycles. The van der Waals surface area contributed by atoms with Gasteiger partial charge in [-0.1, -0.05) is 52.4 Å². The van der Waals surface area contributed by atoms with Crippen molar-refractivity contribution in [2.45, 2.75) is 89.9 Å². The predicted octanol–water partition coefficient (Wildman–Crippen LogP) is 5.25. The molecule has 4 N–H and O–H groups in total. The molecule has 0 aromatic heterocycles. The summed E-state index contributed by atoms with van der Waals surface area (Å²) in [5.74, 6) is 0.697. The van der Waals surface area contributed by atoms with E-state index in [2.05, 4.69) is 13.8 Å². The van der Waals surface area contributed by atoms with E-state index in [1.165, 1.54) is 64.2 Å². The lowest BCUT2D eigenvalue weighted by Crippen LogP contribution is -2.27. The van der Waals surface area contributed by atoms with E-state index in [1.807, 2.05) is 0 Å². The van der Waals surface area contributed by atoms with Gasteiger partial charge in [-0.15, -0.1) is 0 Å². The molecular formula is C24H36N2O2. The van der Waals surface area contributed by atoms with Gasteiger partial charge in [-0.2, -0.15) is 0 Å². The summed E-state index contributed by atoms with van der Waals surface area (Å²) in [4.78, 5) is 24.7. The Hall–Kier alpha value is -1.84. The van der Waals surface area contributed by atoms with Gasteiger partial charge in [0.1, 0.15) is 0 Å². The molecule has 0 spiro atoms. The van der Waals surface area contributed by atoms with Crippen molar-refractivity contribution in [3.63, 3.8) is 0 Å². The van der Waals surface area contributed by atoms with Crippen molar-refractivity contribution in [3.05, 3.63) is 34.4 Å². The van der Waals surface area contributed by atoms with Gasteiger partial charge in [0.25, 0.3) is 0 Å². The first-order valence-electron chi connectivity index (χ1n) is 11.2. The van der Waals surface area contributed by atoms with Crippen LogP contribution >= 0.6 is 0 Å². The normalized spacial score (nSPS) is 21.2. The Morgan fingerprint density at radius 3 is 1.32 bits per heavy atom. The van der Waals surface area contributed by atoms with Crippen molar-refractivity contribution in [2.24, 2.45) is 23.3 Å². The number of rotatable bonds is 6. The highest BCUT2D eigenvalue weighted by Crippen LogP contribution is 2.45. The second kappa shape index (κ2) is 9.11. The van der Waals surface area contributed by atoms with Crippen LogP contribution in [0.5, 0.6) is 0 Å². The van der Waals surface area contributed by atoms with Gasteiger partial charge in [-0.25, -0.2) is 0 Å². The Morgan fingerprint density at radius 2 is 1.04 bits per heavy atom. The van der Waals surface area contributed by atoms with Crippen LogP contribution < -0.4 is 11.5 Å². The average Bonchev–Trinajstić information content (AvgIpc) is 2.72. The fourth-order valence-electron chi connectivity index (χ4n) is 5.79. The lowest BCUT2D eigenvalue weighted by Gasteiger charge is -2.35. The molecule has 2 aliphatic carbocycles. The van der Waals surface area contributed by atoms with Gasteiger partial charge in [0.2, 0.25) is 11.8 Å². The van der Waals surface area contributed by atoms with Crippen LogP contribution in [0, 0.1) is 11.8 Å². The highest BCUT2D eigenvalue weighted by molar-refractivity contribution is 5.99. The van der Waals surface area contributed by atoms with Crippen LogP contribution in [-0.4, -0.2) is 11.8 Å². The number of carbonyl (C=O) groups excluding carboxylic acids is 2. The lowest BCUT2D eigenvalue weighted by atomic mass is 9.69. The van der Waals surface area contributed by atoms with Gasteiger partial charge >= 0.3 is 0 Å². The van der Waals surface area contributed by atoms with Gasteiger partial charge in [0, 0.05) is 11.1 Å². The summed E-state index contributed by atoms with van der Waals surface area (Å²) in [5.41, 5.74) is 14.8. The molecule has 0 radical (unpaired) electrons. The third-order valence-corrected chi connectivity index (χ3v) is 7.44. The Bertz CT molecular complexity index is 655. The van der Waals surface area contributed by atoms with Crippen LogP contribution in [0.3, 0.4) is 0 Å². The minimum Gasteiger partial charge on any atom is -0.366 e. The molecule has 2 fully saturated rings. The SMILES string of the molecule is CC(c1c(C(N)=O)ccc(C(N)=O)c1C(C)C1CCCCC1)C1CCCCC1. The molecule has 1 aromatic rings. The molecule has 4 nitrogen and oxygen atoms in total. The lowest BCUT2D eigenvalue weighted by molar-refractivity contribution is 0.0984. The zero-order chi connectivity index (χ0) is 20.3. The Labute approximate surface area is 169 Å². The van der Waals surface area contributed by atoms with Gasteiger partial charge in [0.05, 0.1) is 0 Å². The second-order valence-corrected chi connectivity index (χ2v) is 9.09. The summed E-state index contributed by atoms with van der Waals surface area (Å²) in [6, 6.07) is 3.46. The smallest absolute Gasteiger partial charge is 0.248 e. The van der Waals surface area contributed by atoms with E-state index >= 15 is 0 Å². The molecule has 2 amide bonds. The van der Waals surface area contributed by atoms with E-state index in [0.717, 1.165) is 11.1 Å². The molecule has 154 valence electrons. The van der Waals surface area contributed by atoms with Gasteiger partial charge in [-0.3, -0.25) is 9.59 Å². The van der Waals surface area contributed by atoms with E-state index in [9.17, 15) is 9.59 Å². The van der Waals surface area contributed by atoms with Gasteiger partial charge < -0.3 is 11.5 Å². The first-order valence-corrected chi connectivity index (χ1v) is 11.2. The van der Waals surface area contributed by atoms with Crippen molar-refractivity contribution in [1.82, 2.24) is 0 Å². The highest BCUT2D eigenvalue weighted by atomic mass is 16.1. The Kier molecular flexibility index (Phi) is 6.79. The van der Waals surface area contributed by atoms with E-state index in [4.69, 9.17) is 11.5 Å². The molecule has 3 rings (SSSR count). The second-order valence-electron chi connectivity index (χ2n) is 9.09. The number of nitrogens with two attached hydrogens (primary N) is 2. The van der Waals surface area contributed by atoms with Gasteiger partial charge in [-0.05, 0) is 72.6 Å². The molecule has 28 heavy (non-hydrogen) atoms. The quantitative estimate of drug-likeness (QED) is 0.701. The molecule has 0 saturated heterocycles. The van der Waals surface area contributed by atoms with Crippen LogP contribution in [0.1, 0.15) is 122 Å². The maximum absolute atomic E-state index is 12.3. The highest BCUT2D eigenvalue weighted by Gasteiger charge is 2.33. The largest absolute Gasteiger partial charge is 0.366 e.